The third-order valence-electron chi connectivity index (χ3n) is 5.55. The van der Waals surface area contributed by atoms with E-state index in [4.69, 9.17) is 4.74 Å². The van der Waals surface area contributed by atoms with E-state index >= 15 is 0 Å². The molecule has 2 aliphatic rings. The van der Waals surface area contributed by atoms with Crippen molar-refractivity contribution in [2.75, 3.05) is 52.5 Å². The molecule has 1 aromatic rings. The second-order valence-electron chi connectivity index (χ2n) is 7.60. The van der Waals surface area contributed by atoms with Gasteiger partial charge in [-0.05, 0) is 37.8 Å². The predicted octanol–water partition coefficient (Wildman–Crippen LogP) is 1.09. The summed E-state index contributed by atoms with van der Waals surface area (Å²) >= 11 is 0. The number of hydrogen-bond acceptors (Lipinski definition) is 5. The summed E-state index contributed by atoms with van der Waals surface area (Å²) in [4.78, 5) is 33.2. The van der Waals surface area contributed by atoms with E-state index in [2.05, 4.69) is 15.2 Å². The molecule has 7 nitrogen and oxygen atoms in total. The number of pyridine rings is 1. The highest BCUT2D eigenvalue weighted by Crippen LogP contribution is 2.18. The van der Waals surface area contributed by atoms with E-state index in [0.717, 1.165) is 57.8 Å². The highest BCUT2D eigenvalue weighted by molar-refractivity contribution is 5.83. The lowest BCUT2D eigenvalue weighted by molar-refractivity contribution is -0.138. The molecular weight excluding hydrogens is 356 g/mol. The van der Waals surface area contributed by atoms with Crippen LogP contribution in [0.5, 0.6) is 0 Å². The maximum Gasteiger partial charge on any atom is 0.224 e. The Morgan fingerprint density at radius 2 is 2.07 bits per heavy atom. The van der Waals surface area contributed by atoms with E-state index in [1.807, 2.05) is 29.3 Å². The molecule has 0 radical (unpaired) electrons. The van der Waals surface area contributed by atoms with Crippen molar-refractivity contribution in [3.8, 4) is 0 Å². The Balaban J connectivity index is 1.33. The van der Waals surface area contributed by atoms with Crippen LogP contribution in [0.2, 0.25) is 0 Å². The van der Waals surface area contributed by atoms with Gasteiger partial charge in [-0.1, -0.05) is 6.07 Å². The number of likely N-dealkylation sites (tertiary alicyclic amines) is 1. The number of piperidine rings is 1. The Morgan fingerprint density at radius 1 is 1.21 bits per heavy atom. The molecule has 3 heterocycles. The lowest BCUT2D eigenvalue weighted by Crippen LogP contribution is -2.49. The third kappa shape index (κ3) is 6.56. The molecule has 0 aliphatic carbocycles. The fourth-order valence-electron chi connectivity index (χ4n) is 3.76. The van der Waals surface area contributed by atoms with Gasteiger partial charge in [0.15, 0.2) is 0 Å². The fraction of sp³-hybridized carbons (Fsp3) is 0.667. The molecule has 0 spiro atoms. The van der Waals surface area contributed by atoms with E-state index in [-0.39, 0.29) is 17.7 Å². The van der Waals surface area contributed by atoms with Crippen molar-refractivity contribution in [2.24, 2.45) is 5.92 Å². The van der Waals surface area contributed by atoms with Crippen LogP contribution in [0, 0.1) is 5.92 Å². The predicted molar refractivity (Wildman–Crippen MR) is 107 cm³/mol. The standard InChI is InChI=1S/C21H32N4O3/c26-20-8-7-18(17-25(20)12-11-24-13-15-28-16-14-24)21(27)23-10-4-2-6-19-5-1-3-9-22-19/h1,3,5,9,18H,2,4,6-8,10-17H2,(H,23,27)/t18-/m1/s1. The molecule has 1 atom stereocenters. The average molecular weight is 389 g/mol. The normalized spacial score (nSPS) is 20.9. The topological polar surface area (TPSA) is 74.8 Å². The van der Waals surface area contributed by atoms with Gasteiger partial charge in [-0.25, -0.2) is 0 Å². The second kappa shape index (κ2) is 11.1. The third-order valence-corrected chi connectivity index (χ3v) is 5.55. The van der Waals surface area contributed by atoms with E-state index in [1.165, 1.54) is 0 Å². The van der Waals surface area contributed by atoms with Crippen molar-refractivity contribution in [1.29, 1.82) is 0 Å². The summed E-state index contributed by atoms with van der Waals surface area (Å²) in [5.41, 5.74) is 1.09. The van der Waals surface area contributed by atoms with Crippen LogP contribution in [0.15, 0.2) is 24.4 Å². The van der Waals surface area contributed by atoms with E-state index < -0.39 is 0 Å². The average Bonchev–Trinajstić information content (AvgIpc) is 2.74. The molecule has 28 heavy (non-hydrogen) atoms. The number of aromatic nitrogens is 1. The Hall–Kier alpha value is -1.99. The zero-order valence-corrected chi connectivity index (χ0v) is 16.6. The van der Waals surface area contributed by atoms with Crippen LogP contribution in [0.1, 0.15) is 31.4 Å². The largest absolute Gasteiger partial charge is 0.379 e. The van der Waals surface area contributed by atoms with Gasteiger partial charge in [0.25, 0.3) is 0 Å². The van der Waals surface area contributed by atoms with Crippen molar-refractivity contribution < 1.29 is 14.3 Å². The smallest absolute Gasteiger partial charge is 0.224 e. The number of morpholine rings is 1. The molecule has 1 aromatic heterocycles. The summed E-state index contributed by atoms with van der Waals surface area (Å²) < 4.78 is 5.36. The van der Waals surface area contributed by atoms with Gasteiger partial charge in [0.05, 0.1) is 19.1 Å². The summed E-state index contributed by atoms with van der Waals surface area (Å²) in [5, 5.41) is 3.06. The molecule has 0 unspecified atom stereocenters. The molecule has 2 amide bonds. The van der Waals surface area contributed by atoms with Gasteiger partial charge < -0.3 is 15.0 Å². The molecule has 7 heteroatoms. The summed E-state index contributed by atoms with van der Waals surface area (Å²) in [6.45, 7) is 6.16. The number of nitrogens with zero attached hydrogens (tertiary/aromatic N) is 3. The number of carbonyl (C=O) groups is 2. The van der Waals surface area contributed by atoms with Crippen molar-refractivity contribution in [3.63, 3.8) is 0 Å². The molecule has 0 saturated carbocycles. The van der Waals surface area contributed by atoms with E-state index in [9.17, 15) is 9.59 Å². The van der Waals surface area contributed by atoms with Gasteiger partial charge in [0.2, 0.25) is 11.8 Å². The van der Waals surface area contributed by atoms with Crippen LogP contribution < -0.4 is 5.32 Å². The van der Waals surface area contributed by atoms with Crippen LogP contribution in [0.4, 0.5) is 0 Å². The second-order valence-corrected chi connectivity index (χ2v) is 7.60. The number of unbranched alkanes of at least 4 members (excludes halogenated alkanes) is 1. The number of nitrogens with one attached hydrogen (secondary N) is 1. The number of hydrogen-bond donors (Lipinski definition) is 1. The highest BCUT2D eigenvalue weighted by atomic mass is 16.5. The van der Waals surface area contributed by atoms with Crippen LogP contribution in [0.25, 0.3) is 0 Å². The SMILES string of the molecule is O=C(NCCCCc1ccccn1)[C@@H]1CCC(=O)N(CCN2CCOCC2)C1. The van der Waals surface area contributed by atoms with E-state index in [1.54, 1.807) is 0 Å². The summed E-state index contributed by atoms with van der Waals surface area (Å²) in [6, 6.07) is 5.95. The van der Waals surface area contributed by atoms with Crippen molar-refractivity contribution in [3.05, 3.63) is 30.1 Å². The van der Waals surface area contributed by atoms with Gasteiger partial charge in [-0.3, -0.25) is 19.5 Å². The maximum absolute atomic E-state index is 12.5. The van der Waals surface area contributed by atoms with Gasteiger partial charge in [0, 0.05) is 57.6 Å². The molecule has 1 N–H and O–H groups in total. The minimum absolute atomic E-state index is 0.0849. The highest BCUT2D eigenvalue weighted by Gasteiger charge is 2.30. The molecule has 3 rings (SSSR count). The number of rotatable bonds is 9. The van der Waals surface area contributed by atoms with Gasteiger partial charge in [0.1, 0.15) is 0 Å². The van der Waals surface area contributed by atoms with Crippen LogP contribution >= 0.6 is 0 Å². The van der Waals surface area contributed by atoms with Crippen LogP contribution in [-0.4, -0.2) is 79.1 Å². The summed E-state index contributed by atoms with van der Waals surface area (Å²) in [6.07, 6.45) is 5.82. The first-order chi connectivity index (χ1) is 13.7. The molecule has 2 saturated heterocycles. The van der Waals surface area contributed by atoms with E-state index in [0.29, 0.717) is 32.5 Å². The molecule has 2 fully saturated rings. The number of ether oxygens (including phenoxy) is 1. The summed E-state index contributed by atoms with van der Waals surface area (Å²) in [5.74, 6) is 0.174. The number of amides is 2. The molecule has 0 bridgehead atoms. The molecule has 2 aliphatic heterocycles. The monoisotopic (exact) mass is 388 g/mol. The van der Waals surface area contributed by atoms with Crippen molar-refractivity contribution in [1.82, 2.24) is 20.1 Å². The Kier molecular flexibility index (Phi) is 8.23. The van der Waals surface area contributed by atoms with Gasteiger partial charge >= 0.3 is 0 Å². The Bertz CT molecular complexity index is 619. The van der Waals surface area contributed by atoms with Crippen LogP contribution in [-0.2, 0) is 20.7 Å². The van der Waals surface area contributed by atoms with Gasteiger partial charge in [-0.15, -0.1) is 0 Å². The molecular formula is C21H32N4O3. The Morgan fingerprint density at radius 3 is 2.86 bits per heavy atom. The lowest BCUT2D eigenvalue weighted by atomic mass is 9.96. The minimum Gasteiger partial charge on any atom is -0.379 e. The zero-order valence-electron chi connectivity index (χ0n) is 16.6. The van der Waals surface area contributed by atoms with Crippen molar-refractivity contribution >= 4 is 11.8 Å². The van der Waals surface area contributed by atoms with Crippen LogP contribution in [0.3, 0.4) is 0 Å². The summed E-state index contributed by atoms with van der Waals surface area (Å²) in [7, 11) is 0. The maximum atomic E-state index is 12.5. The number of carbonyl (C=O) groups excluding carboxylic acids is 2. The first kappa shape index (κ1) is 20.7. The quantitative estimate of drug-likeness (QED) is 0.641. The Labute approximate surface area is 167 Å². The fourth-order valence-corrected chi connectivity index (χ4v) is 3.76. The van der Waals surface area contributed by atoms with Crippen molar-refractivity contribution in [2.45, 2.75) is 32.1 Å². The first-order valence-electron chi connectivity index (χ1n) is 10.5. The van der Waals surface area contributed by atoms with Gasteiger partial charge in [-0.2, -0.15) is 0 Å². The first-order valence-corrected chi connectivity index (χ1v) is 10.5. The molecule has 0 aromatic carbocycles. The zero-order chi connectivity index (χ0) is 19.6. The molecule has 154 valence electrons. The lowest BCUT2D eigenvalue weighted by Gasteiger charge is -2.34. The number of aryl methyl sites for hydroxylation is 1. The minimum atomic E-state index is -0.0850.